The summed E-state index contributed by atoms with van der Waals surface area (Å²) in [5, 5.41) is 10.0. The lowest BCUT2D eigenvalue weighted by atomic mass is 10.0. The van der Waals surface area contributed by atoms with Crippen LogP contribution in [-0.4, -0.2) is 16.1 Å². The van der Waals surface area contributed by atoms with E-state index in [2.05, 4.69) is 4.98 Å². The van der Waals surface area contributed by atoms with Crippen molar-refractivity contribution in [2.24, 2.45) is 0 Å². The summed E-state index contributed by atoms with van der Waals surface area (Å²) >= 11 is 11.8. The fourth-order valence-electron chi connectivity index (χ4n) is 1.69. The number of hydrogen-bond acceptors (Lipinski definition) is 2. The van der Waals surface area contributed by atoms with Crippen LogP contribution < -0.4 is 0 Å². The summed E-state index contributed by atoms with van der Waals surface area (Å²) in [4.78, 5) is 15.4. The van der Waals surface area contributed by atoms with Crippen LogP contribution in [0.1, 0.15) is 15.9 Å². The van der Waals surface area contributed by atoms with Gasteiger partial charge in [0.2, 0.25) is 0 Å². The van der Waals surface area contributed by atoms with E-state index in [0.29, 0.717) is 26.9 Å². The van der Waals surface area contributed by atoms with Crippen LogP contribution in [0.3, 0.4) is 0 Å². The normalized spacial score (nSPS) is 10.4. The van der Waals surface area contributed by atoms with Crippen LogP contribution in [0.15, 0.2) is 30.5 Å². The largest absolute Gasteiger partial charge is 0.478 e. The van der Waals surface area contributed by atoms with Gasteiger partial charge >= 0.3 is 5.97 Å². The molecule has 0 bridgehead atoms. The Labute approximate surface area is 114 Å². The maximum atomic E-state index is 11.3. The number of benzene rings is 1. The topological polar surface area (TPSA) is 50.2 Å². The van der Waals surface area contributed by atoms with Gasteiger partial charge in [-0.15, -0.1) is 0 Å². The number of aryl methyl sites for hydroxylation is 1. The van der Waals surface area contributed by atoms with Gasteiger partial charge in [-0.25, -0.2) is 4.79 Å². The molecule has 2 rings (SSSR count). The van der Waals surface area contributed by atoms with E-state index in [0.717, 1.165) is 0 Å². The van der Waals surface area contributed by atoms with Crippen molar-refractivity contribution in [1.29, 1.82) is 0 Å². The van der Waals surface area contributed by atoms with Gasteiger partial charge in [0, 0.05) is 11.8 Å². The Morgan fingerprint density at radius 2 is 1.94 bits per heavy atom. The summed E-state index contributed by atoms with van der Waals surface area (Å²) in [5.41, 5.74) is 1.85. The number of halogens is 2. The fourth-order valence-corrected chi connectivity index (χ4v) is 1.99. The van der Waals surface area contributed by atoms with Crippen molar-refractivity contribution in [2.75, 3.05) is 0 Å². The summed E-state index contributed by atoms with van der Waals surface area (Å²) in [6.45, 7) is 1.73. The number of hydrogen-bond donors (Lipinski definition) is 1. The average molecular weight is 282 g/mol. The molecule has 1 aromatic heterocycles. The molecule has 18 heavy (non-hydrogen) atoms. The fraction of sp³-hybridized carbons (Fsp3) is 0.0769. The Kier molecular flexibility index (Phi) is 3.55. The number of carboxylic acids is 1. The molecule has 0 unspecified atom stereocenters. The van der Waals surface area contributed by atoms with Crippen molar-refractivity contribution >= 4 is 29.2 Å². The van der Waals surface area contributed by atoms with Gasteiger partial charge in [-0.1, -0.05) is 29.3 Å². The van der Waals surface area contributed by atoms with Gasteiger partial charge < -0.3 is 5.11 Å². The third kappa shape index (κ3) is 2.33. The minimum absolute atomic E-state index is 0.177. The van der Waals surface area contributed by atoms with Crippen molar-refractivity contribution in [1.82, 2.24) is 4.98 Å². The molecule has 0 amide bonds. The number of pyridine rings is 1. The predicted octanol–water partition coefficient (Wildman–Crippen LogP) is 4.06. The van der Waals surface area contributed by atoms with Crippen LogP contribution in [0.4, 0.5) is 0 Å². The molecule has 1 heterocycles. The van der Waals surface area contributed by atoms with E-state index < -0.39 is 5.97 Å². The van der Waals surface area contributed by atoms with Crippen molar-refractivity contribution < 1.29 is 9.90 Å². The third-order valence-corrected chi connectivity index (χ3v) is 3.31. The highest BCUT2D eigenvalue weighted by molar-refractivity contribution is 6.42. The molecule has 0 aliphatic rings. The molecule has 0 saturated heterocycles. The zero-order valence-corrected chi connectivity index (χ0v) is 11.0. The summed E-state index contributed by atoms with van der Waals surface area (Å²) < 4.78 is 0. The van der Waals surface area contributed by atoms with Gasteiger partial charge in [-0.2, -0.15) is 0 Å². The standard InChI is InChI=1S/C13H9Cl2NO2/c1-7-4-5-16-12(11(7)13(17)18)8-2-3-9(14)10(15)6-8/h2-6H,1H3,(H,17,18). The van der Waals surface area contributed by atoms with E-state index in [1.54, 1.807) is 37.4 Å². The second-order valence-corrected chi connectivity index (χ2v) is 4.60. The van der Waals surface area contributed by atoms with E-state index in [4.69, 9.17) is 23.2 Å². The first-order valence-electron chi connectivity index (χ1n) is 5.15. The first-order chi connectivity index (χ1) is 8.50. The molecule has 5 heteroatoms. The monoisotopic (exact) mass is 281 g/mol. The van der Waals surface area contributed by atoms with Crippen LogP contribution in [0.2, 0.25) is 10.0 Å². The van der Waals surface area contributed by atoms with Crippen LogP contribution in [0, 0.1) is 6.92 Å². The second-order valence-electron chi connectivity index (χ2n) is 3.79. The van der Waals surface area contributed by atoms with Gasteiger partial charge in [0.1, 0.15) is 0 Å². The van der Waals surface area contributed by atoms with Gasteiger partial charge in [-0.05, 0) is 30.7 Å². The van der Waals surface area contributed by atoms with Crippen LogP contribution >= 0.6 is 23.2 Å². The molecule has 0 saturated carbocycles. The lowest BCUT2D eigenvalue weighted by molar-refractivity contribution is 0.0696. The summed E-state index contributed by atoms with van der Waals surface area (Å²) in [7, 11) is 0. The van der Waals surface area contributed by atoms with E-state index in [1.165, 1.54) is 0 Å². The Morgan fingerprint density at radius 1 is 1.22 bits per heavy atom. The number of carboxylic acid groups (broad SMARTS) is 1. The molecular weight excluding hydrogens is 273 g/mol. The summed E-state index contributed by atoms with van der Waals surface area (Å²) in [6.07, 6.45) is 1.57. The molecule has 1 aromatic carbocycles. The van der Waals surface area contributed by atoms with Crippen molar-refractivity contribution in [3.8, 4) is 11.3 Å². The average Bonchev–Trinajstić information content (AvgIpc) is 2.32. The smallest absolute Gasteiger partial charge is 0.338 e. The Morgan fingerprint density at radius 3 is 2.56 bits per heavy atom. The SMILES string of the molecule is Cc1ccnc(-c2ccc(Cl)c(Cl)c2)c1C(=O)O. The molecule has 1 N–H and O–H groups in total. The molecule has 0 fully saturated rings. The first kappa shape index (κ1) is 12.9. The summed E-state index contributed by atoms with van der Waals surface area (Å²) in [5.74, 6) is -1.01. The zero-order valence-electron chi connectivity index (χ0n) is 9.45. The Bertz CT molecular complexity index is 626. The molecule has 92 valence electrons. The van der Waals surface area contributed by atoms with Crippen molar-refractivity contribution in [3.05, 3.63) is 51.6 Å². The summed E-state index contributed by atoms with van der Waals surface area (Å²) in [6, 6.07) is 6.58. The first-order valence-corrected chi connectivity index (χ1v) is 5.90. The third-order valence-electron chi connectivity index (χ3n) is 2.57. The highest BCUT2D eigenvalue weighted by Gasteiger charge is 2.16. The van der Waals surface area contributed by atoms with Gasteiger partial charge in [0.25, 0.3) is 0 Å². The Hall–Kier alpha value is -1.58. The molecule has 0 aliphatic carbocycles. The zero-order chi connectivity index (χ0) is 13.3. The minimum atomic E-state index is -1.01. The number of carbonyl (C=O) groups is 1. The minimum Gasteiger partial charge on any atom is -0.478 e. The van der Waals surface area contributed by atoms with Gasteiger partial charge in [0.05, 0.1) is 21.3 Å². The van der Waals surface area contributed by atoms with E-state index in [1.807, 2.05) is 0 Å². The lowest BCUT2D eigenvalue weighted by Gasteiger charge is -2.08. The number of nitrogens with zero attached hydrogens (tertiary/aromatic N) is 1. The number of aromatic carboxylic acids is 1. The van der Waals surface area contributed by atoms with E-state index in [-0.39, 0.29) is 5.56 Å². The molecule has 0 radical (unpaired) electrons. The molecular formula is C13H9Cl2NO2. The van der Waals surface area contributed by atoms with Crippen molar-refractivity contribution in [3.63, 3.8) is 0 Å². The van der Waals surface area contributed by atoms with E-state index >= 15 is 0 Å². The maximum Gasteiger partial charge on any atom is 0.338 e. The second kappa shape index (κ2) is 4.96. The predicted molar refractivity (Wildman–Crippen MR) is 71.4 cm³/mol. The number of aromatic nitrogens is 1. The van der Waals surface area contributed by atoms with Gasteiger partial charge in [-0.3, -0.25) is 4.98 Å². The number of rotatable bonds is 2. The molecule has 2 aromatic rings. The van der Waals surface area contributed by atoms with E-state index in [9.17, 15) is 9.90 Å². The van der Waals surface area contributed by atoms with Gasteiger partial charge in [0.15, 0.2) is 0 Å². The van der Waals surface area contributed by atoms with Crippen LogP contribution in [-0.2, 0) is 0 Å². The molecule has 0 spiro atoms. The Balaban J connectivity index is 2.67. The molecule has 0 aliphatic heterocycles. The van der Waals surface area contributed by atoms with Crippen molar-refractivity contribution in [2.45, 2.75) is 6.92 Å². The quantitative estimate of drug-likeness (QED) is 0.903. The highest BCUT2D eigenvalue weighted by Crippen LogP contribution is 2.30. The van der Waals surface area contributed by atoms with Crippen LogP contribution in [0.5, 0.6) is 0 Å². The maximum absolute atomic E-state index is 11.3. The van der Waals surface area contributed by atoms with Crippen LogP contribution in [0.25, 0.3) is 11.3 Å². The molecule has 3 nitrogen and oxygen atoms in total. The highest BCUT2D eigenvalue weighted by atomic mass is 35.5. The molecule has 0 atom stereocenters. The lowest BCUT2D eigenvalue weighted by Crippen LogP contribution is -2.04.